The SMILES string of the molecule is Cc1ccc(NC(=O)CCC(=O)c2ccccc2)cc1Br. The molecule has 0 heterocycles. The highest BCUT2D eigenvalue weighted by Crippen LogP contribution is 2.20. The molecule has 0 aliphatic carbocycles. The number of hydrogen-bond acceptors (Lipinski definition) is 2. The highest BCUT2D eigenvalue weighted by Gasteiger charge is 2.09. The zero-order valence-corrected chi connectivity index (χ0v) is 13.3. The minimum Gasteiger partial charge on any atom is -0.326 e. The van der Waals surface area contributed by atoms with Gasteiger partial charge in [0, 0.05) is 28.6 Å². The Morgan fingerprint density at radius 1 is 1.05 bits per heavy atom. The van der Waals surface area contributed by atoms with Gasteiger partial charge in [0.2, 0.25) is 5.91 Å². The van der Waals surface area contributed by atoms with Crippen molar-refractivity contribution in [2.45, 2.75) is 19.8 Å². The van der Waals surface area contributed by atoms with E-state index in [1.165, 1.54) is 0 Å². The van der Waals surface area contributed by atoms with Crippen molar-refractivity contribution in [2.75, 3.05) is 5.32 Å². The van der Waals surface area contributed by atoms with Gasteiger partial charge < -0.3 is 5.32 Å². The summed E-state index contributed by atoms with van der Waals surface area (Å²) >= 11 is 3.42. The summed E-state index contributed by atoms with van der Waals surface area (Å²) in [4.78, 5) is 23.8. The molecule has 4 heteroatoms. The van der Waals surface area contributed by atoms with Crippen LogP contribution in [-0.4, -0.2) is 11.7 Å². The summed E-state index contributed by atoms with van der Waals surface area (Å²) in [7, 11) is 0. The van der Waals surface area contributed by atoms with Crippen molar-refractivity contribution in [3.63, 3.8) is 0 Å². The second-order valence-electron chi connectivity index (χ2n) is 4.80. The highest BCUT2D eigenvalue weighted by molar-refractivity contribution is 9.10. The Labute approximate surface area is 132 Å². The third-order valence-corrected chi connectivity index (χ3v) is 3.98. The lowest BCUT2D eigenvalue weighted by molar-refractivity contribution is -0.116. The first-order valence-corrected chi connectivity index (χ1v) is 7.50. The lowest BCUT2D eigenvalue weighted by Crippen LogP contribution is -2.13. The molecule has 1 amide bonds. The molecule has 0 bridgehead atoms. The van der Waals surface area contributed by atoms with E-state index in [0.717, 1.165) is 15.7 Å². The fourth-order valence-electron chi connectivity index (χ4n) is 1.89. The summed E-state index contributed by atoms with van der Waals surface area (Å²) in [5, 5.41) is 2.80. The molecule has 0 unspecified atom stereocenters. The maximum atomic E-state index is 11.9. The van der Waals surface area contributed by atoms with Crippen LogP contribution < -0.4 is 5.32 Å². The van der Waals surface area contributed by atoms with Crippen LogP contribution in [0.5, 0.6) is 0 Å². The zero-order chi connectivity index (χ0) is 15.2. The van der Waals surface area contributed by atoms with Crippen LogP contribution >= 0.6 is 15.9 Å². The number of carbonyl (C=O) groups is 2. The molecule has 2 rings (SSSR count). The van der Waals surface area contributed by atoms with E-state index in [9.17, 15) is 9.59 Å². The number of hydrogen-bond donors (Lipinski definition) is 1. The number of halogens is 1. The summed E-state index contributed by atoms with van der Waals surface area (Å²) < 4.78 is 0.945. The van der Waals surface area contributed by atoms with Gasteiger partial charge in [0.1, 0.15) is 0 Å². The zero-order valence-electron chi connectivity index (χ0n) is 11.7. The van der Waals surface area contributed by atoms with Crippen LogP contribution in [0.3, 0.4) is 0 Å². The molecule has 3 nitrogen and oxygen atoms in total. The Hall–Kier alpha value is -1.94. The Kier molecular flexibility index (Phi) is 5.28. The van der Waals surface area contributed by atoms with Crippen LogP contribution in [0.15, 0.2) is 53.0 Å². The van der Waals surface area contributed by atoms with E-state index in [1.807, 2.05) is 43.3 Å². The van der Waals surface area contributed by atoms with Crippen LogP contribution in [0.25, 0.3) is 0 Å². The molecule has 2 aromatic carbocycles. The molecule has 1 N–H and O–H groups in total. The van der Waals surface area contributed by atoms with Crippen LogP contribution in [0, 0.1) is 6.92 Å². The summed E-state index contributed by atoms with van der Waals surface area (Å²) in [5.41, 5.74) is 2.47. The number of benzene rings is 2. The normalized spacial score (nSPS) is 10.2. The molecule has 0 radical (unpaired) electrons. The summed E-state index contributed by atoms with van der Waals surface area (Å²) in [6, 6.07) is 14.6. The Bertz CT molecular complexity index is 653. The smallest absolute Gasteiger partial charge is 0.224 e. The maximum Gasteiger partial charge on any atom is 0.224 e. The largest absolute Gasteiger partial charge is 0.326 e. The van der Waals surface area contributed by atoms with Gasteiger partial charge >= 0.3 is 0 Å². The van der Waals surface area contributed by atoms with Gasteiger partial charge in [0.25, 0.3) is 0 Å². The van der Waals surface area contributed by atoms with E-state index < -0.39 is 0 Å². The molecule has 0 aliphatic heterocycles. The van der Waals surface area contributed by atoms with Gasteiger partial charge in [-0.1, -0.05) is 52.3 Å². The van der Waals surface area contributed by atoms with Gasteiger partial charge in [-0.2, -0.15) is 0 Å². The predicted octanol–water partition coefficient (Wildman–Crippen LogP) is 4.36. The van der Waals surface area contributed by atoms with Crippen molar-refractivity contribution < 1.29 is 9.59 Å². The summed E-state index contributed by atoms with van der Waals surface area (Å²) in [6.45, 7) is 1.98. The molecular formula is C17H16BrNO2. The molecule has 0 aromatic heterocycles. The highest BCUT2D eigenvalue weighted by atomic mass is 79.9. The number of Topliss-reactive ketones (excluding diaryl/α,β-unsaturated/α-hetero) is 1. The van der Waals surface area contributed by atoms with Gasteiger partial charge in [-0.25, -0.2) is 0 Å². The predicted molar refractivity (Wildman–Crippen MR) is 87.5 cm³/mol. The van der Waals surface area contributed by atoms with Crippen LogP contribution in [0.4, 0.5) is 5.69 Å². The number of rotatable bonds is 5. The summed E-state index contributed by atoms with van der Waals surface area (Å²) in [6.07, 6.45) is 0.391. The molecular weight excluding hydrogens is 330 g/mol. The molecule has 0 aliphatic rings. The first-order valence-electron chi connectivity index (χ1n) is 6.70. The molecule has 21 heavy (non-hydrogen) atoms. The average Bonchev–Trinajstić information content (AvgIpc) is 2.49. The van der Waals surface area contributed by atoms with Crippen molar-refractivity contribution in [1.82, 2.24) is 0 Å². The van der Waals surface area contributed by atoms with Crippen LogP contribution in [0.1, 0.15) is 28.8 Å². The lowest BCUT2D eigenvalue weighted by Gasteiger charge is -2.07. The number of nitrogens with one attached hydrogen (secondary N) is 1. The second kappa shape index (κ2) is 7.18. The number of amides is 1. The van der Waals surface area contributed by atoms with Crippen molar-refractivity contribution in [3.05, 3.63) is 64.1 Å². The quantitative estimate of drug-likeness (QED) is 0.818. The van der Waals surface area contributed by atoms with Gasteiger partial charge in [-0.05, 0) is 24.6 Å². The first-order chi connectivity index (χ1) is 10.1. The standard InChI is InChI=1S/C17H16BrNO2/c1-12-7-8-14(11-15(12)18)19-17(21)10-9-16(20)13-5-3-2-4-6-13/h2-8,11H,9-10H2,1H3,(H,19,21). The first kappa shape index (κ1) is 15.4. The van der Waals surface area contributed by atoms with Gasteiger partial charge in [0.05, 0.1) is 0 Å². The Morgan fingerprint density at radius 3 is 2.43 bits per heavy atom. The molecule has 0 atom stereocenters. The molecule has 0 spiro atoms. The monoisotopic (exact) mass is 345 g/mol. The van der Waals surface area contributed by atoms with Gasteiger partial charge in [-0.15, -0.1) is 0 Å². The van der Waals surface area contributed by atoms with Crippen molar-refractivity contribution >= 4 is 33.3 Å². The van der Waals surface area contributed by atoms with E-state index in [1.54, 1.807) is 12.1 Å². The molecule has 0 saturated heterocycles. The van der Waals surface area contributed by atoms with Gasteiger partial charge in [0.15, 0.2) is 5.78 Å². The van der Waals surface area contributed by atoms with Crippen LogP contribution in [-0.2, 0) is 4.79 Å². The fourth-order valence-corrected chi connectivity index (χ4v) is 2.27. The minimum atomic E-state index is -0.157. The molecule has 0 saturated carbocycles. The van der Waals surface area contributed by atoms with Crippen molar-refractivity contribution in [2.24, 2.45) is 0 Å². The van der Waals surface area contributed by atoms with E-state index in [-0.39, 0.29) is 24.5 Å². The Morgan fingerprint density at radius 2 is 1.76 bits per heavy atom. The fraction of sp³-hybridized carbons (Fsp3) is 0.176. The Balaban J connectivity index is 1.87. The summed E-state index contributed by atoms with van der Waals surface area (Å²) in [5.74, 6) is -0.175. The third kappa shape index (κ3) is 4.53. The van der Waals surface area contributed by atoms with E-state index >= 15 is 0 Å². The number of aryl methyl sites for hydroxylation is 1. The van der Waals surface area contributed by atoms with Crippen LogP contribution in [0.2, 0.25) is 0 Å². The lowest BCUT2D eigenvalue weighted by atomic mass is 10.1. The van der Waals surface area contributed by atoms with Gasteiger partial charge in [-0.3, -0.25) is 9.59 Å². The van der Waals surface area contributed by atoms with E-state index in [0.29, 0.717) is 5.56 Å². The van der Waals surface area contributed by atoms with Crippen molar-refractivity contribution in [3.8, 4) is 0 Å². The molecule has 2 aromatic rings. The number of ketones is 1. The average molecular weight is 346 g/mol. The van der Waals surface area contributed by atoms with E-state index in [2.05, 4.69) is 21.2 Å². The van der Waals surface area contributed by atoms with E-state index in [4.69, 9.17) is 0 Å². The maximum absolute atomic E-state index is 11.9. The number of anilines is 1. The molecule has 108 valence electrons. The second-order valence-corrected chi connectivity index (χ2v) is 5.66. The third-order valence-electron chi connectivity index (χ3n) is 3.13. The topological polar surface area (TPSA) is 46.2 Å². The molecule has 0 fully saturated rings. The van der Waals surface area contributed by atoms with Crippen molar-refractivity contribution in [1.29, 1.82) is 0 Å². The minimum absolute atomic E-state index is 0.0177. The number of carbonyl (C=O) groups excluding carboxylic acids is 2.